The number of hydrogen-bond acceptors (Lipinski definition) is 3. The maximum absolute atomic E-state index is 13.2. The van der Waals surface area contributed by atoms with E-state index in [1.807, 2.05) is 0 Å². The number of hydrogen-bond donors (Lipinski definition) is 2. The molecule has 0 spiro atoms. The summed E-state index contributed by atoms with van der Waals surface area (Å²) in [7, 11) is 0. The minimum atomic E-state index is -5.03. The van der Waals surface area contributed by atoms with Crippen LogP contribution in [-0.2, 0) is 0 Å². The van der Waals surface area contributed by atoms with Crippen molar-refractivity contribution in [3.05, 3.63) is 29.6 Å². The molecule has 96 valence electrons. The zero-order chi connectivity index (χ0) is 13.2. The average Bonchev–Trinajstić information content (AvgIpc) is 2.18. The van der Waals surface area contributed by atoms with Gasteiger partial charge in [0.25, 0.3) is 0 Å². The van der Waals surface area contributed by atoms with Crippen molar-refractivity contribution in [1.29, 1.82) is 0 Å². The molecule has 0 radical (unpaired) electrons. The second-order valence-electron chi connectivity index (χ2n) is 3.51. The van der Waals surface area contributed by atoms with E-state index in [0.717, 1.165) is 12.1 Å². The van der Waals surface area contributed by atoms with Gasteiger partial charge in [-0.1, -0.05) is 12.1 Å². The van der Waals surface area contributed by atoms with Gasteiger partial charge in [0.1, 0.15) is 0 Å². The van der Waals surface area contributed by atoms with Crippen LogP contribution in [0.25, 0.3) is 0 Å². The van der Waals surface area contributed by atoms with E-state index in [2.05, 4.69) is 4.74 Å². The summed E-state index contributed by atoms with van der Waals surface area (Å²) in [6.07, 6.45) is -6.47. The fraction of sp³-hybridized carbons (Fsp3) is 0.400. The number of alkyl halides is 3. The highest BCUT2D eigenvalue weighted by atomic mass is 19.4. The molecule has 0 saturated heterocycles. The summed E-state index contributed by atoms with van der Waals surface area (Å²) in [5.41, 5.74) is 5.01. The Morgan fingerprint density at radius 3 is 2.41 bits per heavy atom. The predicted molar refractivity (Wildman–Crippen MR) is 51.7 cm³/mol. The number of aliphatic hydroxyl groups excluding tert-OH is 1. The van der Waals surface area contributed by atoms with Gasteiger partial charge in [-0.25, -0.2) is 4.39 Å². The predicted octanol–water partition coefficient (Wildman–Crippen LogP) is 2.10. The molecule has 0 aromatic heterocycles. The lowest BCUT2D eigenvalue weighted by Crippen LogP contribution is -2.26. The lowest BCUT2D eigenvalue weighted by atomic mass is 10.0. The highest BCUT2D eigenvalue weighted by Gasteiger charge is 2.34. The van der Waals surface area contributed by atoms with E-state index in [0.29, 0.717) is 0 Å². The second-order valence-corrected chi connectivity index (χ2v) is 3.51. The van der Waals surface area contributed by atoms with Crippen LogP contribution in [0.15, 0.2) is 18.2 Å². The van der Waals surface area contributed by atoms with Gasteiger partial charge in [-0.3, -0.25) is 0 Å². The number of rotatable bonds is 3. The van der Waals surface area contributed by atoms with Crippen molar-refractivity contribution in [3.63, 3.8) is 0 Å². The van der Waals surface area contributed by atoms with Crippen molar-refractivity contribution < 1.29 is 27.4 Å². The van der Waals surface area contributed by atoms with Crippen molar-refractivity contribution in [1.82, 2.24) is 0 Å². The molecule has 2 atom stereocenters. The highest BCUT2D eigenvalue weighted by molar-refractivity contribution is 5.37. The van der Waals surface area contributed by atoms with Crippen molar-refractivity contribution in [3.8, 4) is 5.75 Å². The first-order valence-electron chi connectivity index (χ1n) is 4.70. The van der Waals surface area contributed by atoms with Gasteiger partial charge in [0.15, 0.2) is 11.6 Å². The number of benzene rings is 1. The quantitative estimate of drug-likeness (QED) is 0.811. The SMILES string of the molecule is C[C@H](N)[C@H](O)c1cccc(F)c1OC(F)(F)F. The molecule has 0 aliphatic rings. The van der Waals surface area contributed by atoms with Crippen molar-refractivity contribution in [2.45, 2.75) is 25.4 Å². The molecule has 3 N–H and O–H groups in total. The van der Waals surface area contributed by atoms with Crippen LogP contribution < -0.4 is 10.5 Å². The molecule has 0 unspecified atom stereocenters. The summed E-state index contributed by atoms with van der Waals surface area (Å²) in [6.45, 7) is 1.38. The maximum atomic E-state index is 13.2. The lowest BCUT2D eigenvalue weighted by molar-refractivity contribution is -0.276. The normalized spacial score (nSPS) is 15.5. The average molecular weight is 253 g/mol. The van der Waals surface area contributed by atoms with Crippen LogP contribution in [0.1, 0.15) is 18.6 Å². The standard InChI is InChI=1S/C10H11F4NO2/c1-5(15)8(16)6-3-2-4-7(11)9(6)17-10(12,13)14/h2-5,8,16H,15H2,1H3/t5-,8-/m0/s1. The van der Waals surface area contributed by atoms with Gasteiger partial charge in [-0.05, 0) is 13.0 Å². The molecule has 0 aliphatic carbocycles. The number of nitrogens with two attached hydrogens (primary N) is 1. The van der Waals surface area contributed by atoms with E-state index in [1.165, 1.54) is 13.0 Å². The Balaban J connectivity index is 3.17. The van der Waals surface area contributed by atoms with Gasteiger partial charge in [-0.2, -0.15) is 0 Å². The zero-order valence-corrected chi connectivity index (χ0v) is 8.83. The van der Waals surface area contributed by atoms with Crippen LogP contribution in [0.4, 0.5) is 17.6 Å². The number of aliphatic hydroxyl groups is 1. The van der Waals surface area contributed by atoms with Crippen LogP contribution >= 0.6 is 0 Å². The smallest absolute Gasteiger partial charge is 0.402 e. The Morgan fingerprint density at radius 2 is 1.94 bits per heavy atom. The van der Waals surface area contributed by atoms with Gasteiger partial charge < -0.3 is 15.6 Å². The number of ether oxygens (including phenoxy) is 1. The molecule has 3 nitrogen and oxygen atoms in total. The third kappa shape index (κ3) is 3.57. The fourth-order valence-corrected chi connectivity index (χ4v) is 1.27. The Morgan fingerprint density at radius 1 is 1.35 bits per heavy atom. The molecule has 0 saturated carbocycles. The van der Waals surface area contributed by atoms with Crippen LogP contribution in [-0.4, -0.2) is 17.5 Å². The molecular weight excluding hydrogens is 242 g/mol. The molecular formula is C10H11F4NO2. The third-order valence-electron chi connectivity index (χ3n) is 2.03. The molecule has 0 fully saturated rings. The van der Waals surface area contributed by atoms with Gasteiger partial charge >= 0.3 is 6.36 Å². The van der Waals surface area contributed by atoms with E-state index < -0.39 is 30.1 Å². The first-order chi connectivity index (χ1) is 7.72. The van der Waals surface area contributed by atoms with E-state index >= 15 is 0 Å². The molecule has 0 heterocycles. The minimum absolute atomic E-state index is 0.336. The summed E-state index contributed by atoms with van der Waals surface area (Å²) in [6, 6.07) is 2.24. The minimum Gasteiger partial charge on any atom is -0.402 e. The van der Waals surface area contributed by atoms with E-state index in [9.17, 15) is 22.7 Å². The first-order valence-corrected chi connectivity index (χ1v) is 4.70. The van der Waals surface area contributed by atoms with Gasteiger partial charge in [0.2, 0.25) is 0 Å². The van der Waals surface area contributed by atoms with Crippen molar-refractivity contribution >= 4 is 0 Å². The van der Waals surface area contributed by atoms with Crippen LogP contribution in [0, 0.1) is 5.82 Å². The topological polar surface area (TPSA) is 55.5 Å². The Hall–Kier alpha value is -1.34. The maximum Gasteiger partial charge on any atom is 0.573 e. The summed E-state index contributed by atoms with van der Waals surface area (Å²) in [4.78, 5) is 0. The number of para-hydroxylation sites is 1. The van der Waals surface area contributed by atoms with Crippen LogP contribution in [0.2, 0.25) is 0 Å². The lowest BCUT2D eigenvalue weighted by Gasteiger charge is -2.19. The van der Waals surface area contributed by atoms with Crippen LogP contribution in [0.3, 0.4) is 0 Å². The summed E-state index contributed by atoms with van der Waals surface area (Å²) in [5.74, 6) is -2.26. The molecule has 0 bridgehead atoms. The molecule has 1 aromatic carbocycles. The Bertz CT molecular complexity index is 392. The van der Waals surface area contributed by atoms with E-state index in [4.69, 9.17) is 5.73 Å². The van der Waals surface area contributed by atoms with E-state index in [1.54, 1.807) is 0 Å². The molecule has 1 aromatic rings. The molecule has 1 rings (SSSR count). The third-order valence-corrected chi connectivity index (χ3v) is 2.03. The second kappa shape index (κ2) is 4.89. The van der Waals surface area contributed by atoms with E-state index in [-0.39, 0.29) is 5.56 Å². The molecule has 0 aliphatic heterocycles. The highest BCUT2D eigenvalue weighted by Crippen LogP contribution is 2.33. The number of halogens is 4. The summed E-state index contributed by atoms with van der Waals surface area (Å²) in [5, 5.41) is 9.56. The summed E-state index contributed by atoms with van der Waals surface area (Å²) >= 11 is 0. The summed E-state index contributed by atoms with van der Waals surface area (Å²) < 4.78 is 53.0. The molecule has 17 heavy (non-hydrogen) atoms. The largest absolute Gasteiger partial charge is 0.573 e. The molecule has 0 amide bonds. The van der Waals surface area contributed by atoms with Crippen LogP contribution in [0.5, 0.6) is 5.75 Å². The van der Waals surface area contributed by atoms with Gasteiger partial charge in [0.05, 0.1) is 6.10 Å². The fourth-order valence-electron chi connectivity index (χ4n) is 1.27. The first kappa shape index (κ1) is 13.7. The van der Waals surface area contributed by atoms with Crippen molar-refractivity contribution in [2.75, 3.05) is 0 Å². The Kier molecular flexibility index (Phi) is 3.94. The van der Waals surface area contributed by atoms with Crippen molar-refractivity contribution in [2.24, 2.45) is 5.73 Å². The Labute approximate surface area is 94.8 Å². The van der Waals surface area contributed by atoms with Gasteiger partial charge in [0, 0.05) is 11.6 Å². The monoisotopic (exact) mass is 253 g/mol. The van der Waals surface area contributed by atoms with Gasteiger partial charge in [-0.15, -0.1) is 13.2 Å². The zero-order valence-electron chi connectivity index (χ0n) is 8.83. The molecule has 7 heteroatoms.